The lowest BCUT2D eigenvalue weighted by atomic mass is 10.0. The van der Waals surface area contributed by atoms with Crippen molar-refractivity contribution in [2.75, 3.05) is 19.6 Å². The molecule has 1 heterocycles. The zero-order chi connectivity index (χ0) is 13.2. The Kier molecular flexibility index (Phi) is 5.06. The molecule has 110 valence electrons. The van der Waals surface area contributed by atoms with E-state index in [0.717, 1.165) is 19.6 Å². The van der Waals surface area contributed by atoms with Crippen molar-refractivity contribution in [2.45, 2.75) is 38.6 Å². The minimum absolute atomic E-state index is 0. The predicted molar refractivity (Wildman–Crippen MR) is 83.5 cm³/mol. The number of rotatable bonds is 2. The number of benzene rings is 1. The lowest BCUT2D eigenvalue weighted by Gasteiger charge is -2.34. The van der Waals surface area contributed by atoms with E-state index in [1.807, 2.05) is 4.90 Å². The van der Waals surface area contributed by atoms with E-state index in [-0.39, 0.29) is 18.3 Å². The molecule has 1 fully saturated rings. The van der Waals surface area contributed by atoms with Crippen LogP contribution in [0.2, 0.25) is 0 Å². The van der Waals surface area contributed by atoms with Gasteiger partial charge in [0.1, 0.15) is 0 Å². The molecule has 3 rings (SSSR count). The van der Waals surface area contributed by atoms with E-state index in [2.05, 4.69) is 30.4 Å². The molecule has 0 aromatic heterocycles. The van der Waals surface area contributed by atoms with Crippen LogP contribution in [-0.2, 0) is 24.1 Å². The Hall–Kier alpha value is -1.06. The number of aryl methyl sites for hydroxylation is 2. The Bertz CT molecular complexity index is 489. The first-order chi connectivity index (χ1) is 9.24. The van der Waals surface area contributed by atoms with Crippen LogP contribution in [0.25, 0.3) is 0 Å². The maximum atomic E-state index is 12.4. The van der Waals surface area contributed by atoms with Gasteiger partial charge in [0.25, 0.3) is 0 Å². The number of nitrogens with zero attached hydrogens (tertiary/aromatic N) is 1. The second-order valence-electron chi connectivity index (χ2n) is 5.77. The van der Waals surface area contributed by atoms with E-state index in [4.69, 9.17) is 0 Å². The predicted octanol–water partition coefficient (Wildman–Crippen LogP) is 1.96. The number of hydrogen-bond donors (Lipinski definition) is 1. The van der Waals surface area contributed by atoms with Crippen molar-refractivity contribution in [2.24, 2.45) is 0 Å². The molecule has 3 nitrogen and oxygen atoms in total. The highest BCUT2D eigenvalue weighted by molar-refractivity contribution is 5.85. The van der Waals surface area contributed by atoms with Crippen LogP contribution in [0.15, 0.2) is 18.2 Å². The summed E-state index contributed by atoms with van der Waals surface area (Å²) in [6, 6.07) is 6.91. The molecule has 1 atom stereocenters. The van der Waals surface area contributed by atoms with Crippen LogP contribution in [0.5, 0.6) is 0 Å². The largest absolute Gasteiger partial charge is 0.337 e. The van der Waals surface area contributed by atoms with E-state index < -0.39 is 0 Å². The van der Waals surface area contributed by atoms with Gasteiger partial charge in [-0.15, -0.1) is 12.4 Å². The summed E-state index contributed by atoms with van der Waals surface area (Å²) in [5.74, 6) is 0.270. The van der Waals surface area contributed by atoms with Crippen LogP contribution < -0.4 is 5.32 Å². The van der Waals surface area contributed by atoms with Crippen LogP contribution in [0.3, 0.4) is 0 Å². The molecule has 1 saturated heterocycles. The van der Waals surface area contributed by atoms with Gasteiger partial charge in [-0.3, -0.25) is 4.79 Å². The smallest absolute Gasteiger partial charge is 0.227 e. The highest BCUT2D eigenvalue weighted by Crippen LogP contribution is 2.23. The van der Waals surface area contributed by atoms with Crippen molar-refractivity contribution in [3.63, 3.8) is 0 Å². The van der Waals surface area contributed by atoms with Gasteiger partial charge in [-0.25, -0.2) is 0 Å². The average Bonchev–Trinajstić information content (AvgIpc) is 2.86. The topological polar surface area (TPSA) is 32.3 Å². The van der Waals surface area contributed by atoms with Crippen molar-refractivity contribution < 1.29 is 4.79 Å². The molecule has 1 aliphatic heterocycles. The highest BCUT2D eigenvalue weighted by Gasteiger charge is 2.23. The Morgan fingerprint density at radius 1 is 1.35 bits per heavy atom. The summed E-state index contributed by atoms with van der Waals surface area (Å²) in [5, 5.41) is 3.32. The average molecular weight is 295 g/mol. The minimum Gasteiger partial charge on any atom is -0.337 e. The normalized spacial score (nSPS) is 21.2. The van der Waals surface area contributed by atoms with Crippen molar-refractivity contribution in [1.82, 2.24) is 10.2 Å². The van der Waals surface area contributed by atoms with Gasteiger partial charge in [0.15, 0.2) is 0 Å². The Morgan fingerprint density at radius 3 is 2.95 bits per heavy atom. The van der Waals surface area contributed by atoms with E-state index in [1.54, 1.807) is 0 Å². The number of carbonyl (C=O) groups excluding carboxylic acids is 1. The summed E-state index contributed by atoms with van der Waals surface area (Å²) in [6.07, 6.45) is 4.21. The van der Waals surface area contributed by atoms with Gasteiger partial charge in [0.05, 0.1) is 6.42 Å². The molecule has 1 aromatic carbocycles. The van der Waals surface area contributed by atoms with Crippen molar-refractivity contribution in [3.05, 3.63) is 34.9 Å². The number of hydrogen-bond acceptors (Lipinski definition) is 2. The summed E-state index contributed by atoms with van der Waals surface area (Å²) < 4.78 is 0. The van der Waals surface area contributed by atoms with Crippen LogP contribution in [-0.4, -0.2) is 36.5 Å². The van der Waals surface area contributed by atoms with E-state index in [1.165, 1.54) is 36.0 Å². The molecule has 0 radical (unpaired) electrons. The van der Waals surface area contributed by atoms with E-state index in [0.29, 0.717) is 12.5 Å². The third kappa shape index (κ3) is 3.15. The second kappa shape index (κ2) is 6.59. The lowest BCUT2D eigenvalue weighted by Crippen LogP contribution is -2.52. The first-order valence-corrected chi connectivity index (χ1v) is 7.35. The number of carbonyl (C=O) groups is 1. The molecule has 1 amide bonds. The van der Waals surface area contributed by atoms with E-state index >= 15 is 0 Å². The molecule has 20 heavy (non-hydrogen) atoms. The summed E-state index contributed by atoms with van der Waals surface area (Å²) in [5.41, 5.74) is 4.11. The lowest BCUT2D eigenvalue weighted by molar-refractivity contribution is -0.133. The van der Waals surface area contributed by atoms with Crippen LogP contribution in [0, 0.1) is 0 Å². The zero-order valence-corrected chi connectivity index (χ0v) is 12.8. The highest BCUT2D eigenvalue weighted by atomic mass is 35.5. The van der Waals surface area contributed by atoms with Crippen molar-refractivity contribution in [1.29, 1.82) is 0 Å². The summed E-state index contributed by atoms with van der Waals surface area (Å²) in [7, 11) is 0. The maximum absolute atomic E-state index is 12.4. The summed E-state index contributed by atoms with van der Waals surface area (Å²) >= 11 is 0. The second-order valence-corrected chi connectivity index (χ2v) is 5.77. The number of amides is 1. The van der Waals surface area contributed by atoms with Gasteiger partial charge in [-0.05, 0) is 42.9 Å². The van der Waals surface area contributed by atoms with Crippen molar-refractivity contribution in [3.8, 4) is 0 Å². The molecule has 1 N–H and O–H groups in total. The fourth-order valence-corrected chi connectivity index (χ4v) is 3.22. The van der Waals surface area contributed by atoms with E-state index in [9.17, 15) is 4.79 Å². The number of piperazine rings is 1. The molecule has 1 aliphatic carbocycles. The van der Waals surface area contributed by atoms with Gasteiger partial charge in [-0.2, -0.15) is 0 Å². The fraction of sp³-hybridized carbons (Fsp3) is 0.562. The Balaban J connectivity index is 0.00000147. The van der Waals surface area contributed by atoms with Gasteiger partial charge < -0.3 is 10.2 Å². The Labute approximate surface area is 127 Å². The Morgan fingerprint density at radius 2 is 2.15 bits per heavy atom. The third-order valence-corrected chi connectivity index (χ3v) is 4.34. The van der Waals surface area contributed by atoms with Crippen molar-refractivity contribution >= 4 is 18.3 Å². The zero-order valence-electron chi connectivity index (χ0n) is 12.0. The number of fused-ring (bicyclic) bond motifs is 1. The minimum atomic E-state index is 0. The van der Waals surface area contributed by atoms with Crippen LogP contribution >= 0.6 is 12.4 Å². The first kappa shape index (κ1) is 15.3. The summed E-state index contributed by atoms with van der Waals surface area (Å²) in [6.45, 7) is 4.79. The number of halogens is 1. The third-order valence-electron chi connectivity index (χ3n) is 4.34. The monoisotopic (exact) mass is 294 g/mol. The van der Waals surface area contributed by atoms with Gasteiger partial charge in [-0.1, -0.05) is 18.2 Å². The number of nitrogens with one attached hydrogen (secondary N) is 1. The molecular weight excluding hydrogens is 272 g/mol. The van der Waals surface area contributed by atoms with Gasteiger partial charge >= 0.3 is 0 Å². The molecule has 0 spiro atoms. The first-order valence-electron chi connectivity index (χ1n) is 7.35. The fourth-order valence-electron chi connectivity index (χ4n) is 3.22. The SMILES string of the molecule is CC1CNCCN1C(=O)Cc1ccc2c(c1)CCC2.Cl. The van der Waals surface area contributed by atoms with Gasteiger partial charge in [0, 0.05) is 25.7 Å². The summed E-state index contributed by atoms with van der Waals surface area (Å²) in [4.78, 5) is 14.4. The van der Waals surface area contributed by atoms with Crippen LogP contribution in [0.1, 0.15) is 30.0 Å². The molecule has 2 aliphatic rings. The molecular formula is C16H23ClN2O. The quantitative estimate of drug-likeness (QED) is 0.904. The molecule has 4 heteroatoms. The molecule has 1 unspecified atom stereocenters. The maximum Gasteiger partial charge on any atom is 0.227 e. The standard InChI is InChI=1S/C16H22N2O.ClH/c1-12-11-17-7-8-18(12)16(19)10-13-5-6-14-3-2-4-15(14)9-13;/h5-6,9,12,17H,2-4,7-8,10-11H2,1H3;1H. The van der Waals surface area contributed by atoms with Crippen LogP contribution in [0.4, 0.5) is 0 Å². The molecule has 0 saturated carbocycles. The van der Waals surface area contributed by atoms with Gasteiger partial charge in [0.2, 0.25) is 5.91 Å². The molecule has 1 aromatic rings. The molecule has 0 bridgehead atoms.